The summed E-state index contributed by atoms with van der Waals surface area (Å²) in [6, 6.07) is 15.3. The molecule has 0 spiro atoms. The van der Waals surface area contributed by atoms with E-state index in [4.69, 9.17) is 14.5 Å². The molecule has 1 amide bonds. The van der Waals surface area contributed by atoms with Gasteiger partial charge in [-0.1, -0.05) is 17.4 Å². The number of pyridine rings is 1. The third-order valence-corrected chi connectivity index (χ3v) is 9.14. The normalized spacial score (nSPS) is 18.4. The summed E-state index contributed by atoms with van der Waals surface area (Å²) in [5.74, 6) is 0.413. The van der Waals surface area contributed by atoms with E-state index in [1.54, 1.807) is 36.5 Å². The molecule has 5 rings (SSSR count). The zero-order valence-electron chi connectivity index (χ0n) is 21.3. The predicted molar refractivity (Wildman–Crippen MR) is 146 cm³/mol. The van der Waals surface area contributed by atoms with Crippen molar-refractivity contribution in [1.29, 1.82) is 0 Å². The van der Waals surface area contributed by atoms with Gasteiger partial charge in [0.05, 0.1) is 41.0 Å². The van der Waals surface area contributed by atoms with Gasteiger partial charge in [0.25, 0.3) is 5.91 Å². The molecule has 2 aromatic heterocycles. The van der Waals surface area contributed by atoms with Gasteiger partial charge in [0.2, 0.25) is 10.0 Å². The molecule has 9 nitrogen and oxygen atoms in total. The lowest BCUT2D eigenvalue weighted by Gasteiger charge is -2.34. The van der Waals surface area contributed by atoms with Crippen LogP contribution in [0.2, 0.25) is 0 Å². The lowest BCUT2D eigenvalue weighted by Crippen LogP contribution is -2.48. The Morgan fingerprint density at radius 1 is 1.13 bits per heavy atom. The molecule has 0 aliphatic carbocycles. The van der Waals surface area contributed by atoms with Crippen molar-refractivity contribution in [3.63, 3.8) is 0 Å². The van der Waals surface area contributed by atoms with E-state index < -0.39 is 10.0 Å². The van der Waals surface area contributed by atoms with Gasteiger partial charge in [-0.15, -0.1) is 0 Å². The number of morpholine rings is 1. The van der Waals surface area contributed by atoms with Crippen molar-refractivity contribution in [3.05, 3.63) is 78.1 Å². The van der Waals surface area contributed by atoms with Gasteiger partial charge in [-0.25, -0.2) is 13.4 Å². The number of hydrogen-bond donors (Lipinski definition) is 0. The molecular formula is C27H28N4O5S2. The molecule has 4 aromatic rings. The molecule has 0 saturated carbocycles. The van der Waals surface area contributed by atoms with Gasteiger partial charge in [0, 0.05) is 31.0 Å². The van der Waals surface area contributed by atoms with Crippen molar-refractivity contribution in [2.75, 3.05) is 25.1 Å². The van der Waals surface area contributed by atoms with Crippen molar-refractivity contribution < 1.29 is 22.7 Å². The number of hydrogen-bond acceptors (Lipinski definition) is 8. The molecule has 38 heavy (non-hydrogen) atoms. The van der Waals surface area contributed by atoms with E-state index in [-0.39, 0.29) is 42.6 Å². The molecule has 2 aromatic carbocycles. The highest BCUT2D eigenvalue weighted by Crippen LogP contribution is 2.33. The smallest absolute Gasteiger partial charge is 0.260 e. The van der Waals surface area contributed by atoms with Gasteiger partial charge in [-0.2, -0.15) is 4.31 Å². The molecule has 1 fully saturated rings. The Bertz CT molecular complexity index is 1530. The quantitative estimate of drug-likeness (QED) is 0.336. The summed E-state index contributed by atoms with van der Waals surface area (Å²) in [4.78, 5) is 24.4. The zero-order chi connectivity index (χ0) is 26.9. The molecular weight excluding hydrogens is 524 g/mol. The Hall–Kier alpha value is -3.38. The van der Waals surface area contributed by atoms with E-state index >= 15 is 0 Å². The van der Waals surface area contributed by atoms with Gasteiger partial charge < -0.3 is 9.47 Å². The number of benzene rings is 2. The average molecular weight is 553 g/mol. The van der Waals surface area contributed by atoms with Crippen LogP contribution in [0.4, 0.5) is 5.13 Å². The number of aromatic nitrogens is 2. The zero-order valence-corrected chi connectivity index (χ0v) is 22.9. The summed E-state index contributed by atoms with van der Waals surface area (Å²) >= 11 is 1.38. The fourth-order valence-corrected chi connectivity index (χ4v) is 7.02. The van der Waals surface area contributed by atoms with Crippen LogP contribution in [0, 0.1) is 0 Å². The van der Waals surface area contributed by atoms with Crippen molar-refractivity contribution in [1.82, 2.24) is 14.3 Å². The number of carbonyl (C=O) groups is 1. The minimum atomic E-state index is -3.72. The van der Waals surface area contributed by atoms with Crippen LogP contribution in [0.3, 0.4) is 0 Å². The topological polar surface area (TPSA) is 102 Å². The fourth-order valence-electron chi connectivity index (χ4n) is 4.44. The van der Waals surface area contributed by atoms with E-state index in [1.807, 2.05) is 44.2 Å². The largest absolute Gasteiger partial charge is 0.497 e. The van der Waals surface area contributed by atoms with E-state index in [0.29, 0.717) is 16.4 Å². The van der Waals surface area contributed by atoms with Crippen LogP contribution in [0.5, 0.6) is 5.75 Å². The fraction of sp³-hybridized carbons (Fsp3) is 0.296. The van der Waals surface area contributed by atoms with Crippen LogP contribution >= 0.6 is 11.3 Å². The summed E-state index contributed by atoms with van der Waals surface area (Å²) in [5.41, 5.74) is 1.95. The second kappa shape index (κ2) is 10.8. The van der Waals surface area contributed by atoms with Crippen LogP contribution in [-0.4, -0.2) is 61.0 Å². The SMILES string of the molecule is COc1ccc2nc(N(Cc3cccnc3)C(=O)c3ccc(S(=O)(=O)N4CC(C)OC(C)C4)cc3)sc2c1. The van der Waals surface area contributed by atoms with E-state index in [9.17, 15) is 13.2 Å². The maximum absolute atomic E-state index is 13.8. The highest BCUT2D eigenvalue weighted by Gasteiger charge is 2.32. The molecule has 1 saturated heterocycles. The first kappa shape index (κ1) is 26.2. The Kier molecular flexibility index (Phi) is 7.44. The molecule has 1 aliphatic rings. The van der Waals surface area contributed by atoms with E-state index in [2.05, 4.69) is 4.98 Å². The number of thiazole rings is 1. The Balaban J connectivity index is 1.45. The highest BCUT2D eigenvalue weighted by atomic mass is 32.2. The van der Waals surface area contributed by atoms with Crippen LogP contribution in [0.15, 0.2) is 71.9 Å². The van der Waals surface area contributed by atoms with E-state index in [1.165, 1.54) is 27.8 Å². The number of amides is 1. The summed E-state index contributed by atoms with van der Waals surface area (Å²) in [5, 5.41) is 0.523. The number of rotatable bonds is 7. The summed E-state index contributed by atoms with van der Waals surface area (Å²) in [6.45, 7) is 4.54. The number of fused-ring (bicyclic) bond motifs is 1. The van der Waals surface area contributed by atoms with Gasteiger partial charge in [-0.3, -0.25) is 14.7 Å². The lowest BCUT2D eigenvalue weighted by atomic mass is 10.2. The maximum atomic E-state index is 13.8. The Morgan fingerprint density at radius 2 is 1.87 bits per heavy atom. The summed E-state index contributed by atoms with van der Waals surface area (Å²) in [6.07, 6.45) is 3.00. The number of carbonyl (C=O) groups excluding carboxylic acids is 1. The second-order valence-corrected chi connectivity index (χ2v) is 12.1. The first-order valence-corrected chi connectivity index (χ1v) is 14.4. The molecule has 2 atom stereocenters. The minimum absolute atomic E-state index is 0.140. The van der Waals surface area contributed by atoms with Gasteiger partial charge in [-0.05, 0) is 67.9 Å². The van der Waals surface area contributed by atoms with Crippen LogP contribution in [0.1, 0.15) is 29.8 Å². The molecule has 198 valence electrons. The molecule has 2 unspecified atom stereocenters. The van der Waals surface area contributed by atoms with Gasteiger partial charge in [0.1, 0.15) is 5.75 Å². The number of anilines is 1. The minimum Gasteiger partial charge on any atom is -0.497 e. The summed E-state index contributed by atoms with van der Waals surface area (Å²) in [7, 11) is -2.11. The van der Waals surface area contributed by atoms with Crippen molar-refractivity contribution >= 4 is 42.6 Å². The molecule has 0 bridgehead atoms. The van der Waals surface area contributed by atoms with E-state index in [0.717, 1.165) is 15.8 Å². The molecule has 11 heteroatoms. The van der Waals surface area contributed by atoms with Gasteiger partial charge in [0.15, 0.2) is 5.13 Å². The maximum Gasteiger partial charge on any atom is 0.260 e. The molecule has 1 aliphatic heterocycles. The lowest BCUT2D eigenvalue weighted by molar-refractivity contribution is -0.0440. The standard InChI is InChI=1S/C27H28N4O5S2/c1-18-15-30(16-19(2)36-18)38(33,34)23-9-6-21(7-10-23)26(32)31(17-20-5-4-12-28-14-20)27-29-24-11-8-22(35-3)13-25(24)37-27/h4-14,18-19H,15-17H2,1-3H3. The van der Waals surface area contributed by atoms with Crippen molar-refractivity contribution in [3.8, 4) is 5.75 Å². The number of sulfonamides is 1. The number of ether oxygens (including phenoxy) is 2. The highest BCUT2D eigenvalue weighted by molar-refractivity contribution is 7.89. The molecule has 3 heterocycles. The third kappa shape index (κ3) is 5.41. The summed E-state index contributed by atoms with van der Waals surface area (Å²) < 4.78 is 39.8. The molecule has 0 radical (unpaired) electrons. The molecule has 0 N–H and O–H groups in total. The average Bonchev–Trinajstić information content (AvgIpc) is 3.34. The first-order chi connectivity index (χ1) is 18.2. The first-order valence-electron chi connectivity index (χ1n) is 12.2. The van der Waals surface area contributed by atoms with Crippen LogP contribution in [-0.2, 0) is 21.3 Å². The van der Waals surface area contributed by atoms with Crippen LogP contribution < -0.4 is 9.64 Å². The Labute approximate surface area is 225 Å². The number of nitrogens with zero attached hydrogens (tertiary/aromatic N) is 4. The number of methoxy groups -OCH3 is 1. The van der Waals surface area contributed by atoms with Crippen LogP contribution in [0.25, 0.3) is 10.2 Å². The second-order valence-electron chi connectivity index (χ2n) is 9.19. The Morgan fingerprint density at radius 3 is 2.53 bits per heavy atom. The monoisotopic (exact) mass is 552 g/mol. The third-order valence-electron chi connectivity index (χ3n) is 6.25. The van der Waals surface area contributed by atoms with Crippen molar-refractivity contribution in [2.24, 2.45) is 0 Å². The van der Waals surface area contributed by atoms with Gasteiger partial charge >= 0.3 is 0 Å². The predicted octanol–water partition coefficient (Wildman–Crippen LogP) is 4.34. The van der Waals surface area contributed by atoms with Crippen molar-refractivity contribution in [2.45, 2.75) is 37.5 Å².